The number of nitrogens with zero attached hydrogens (tertiary/aromatic N) is 2. The first-order valence-corrected chi connectivity index (χ1v) is 13.2. The summed E-state index contributed by atoms with van der Waals surface area (Å²) in [7, 11) is -0.0454. The van der Waals surface area contributed by atoms with Gasteiger partial charge in [0.15, 0.2) is 0 Å². The van der Waals surface area contributed by atoms with E-state index in [9.17, 15) is 13.2 Å². The van der Waals surface area contributed by atoms with Gasteiger partial charge in [-0.1, -0.05) is 56.3 Å². The van der Waals surface area contributed by atoms with E-state index in [2.05, 4.69) is 36.2 Å². The molecular formula is C27H31N3O3S. The molecule has 0 aromatic heterocycles. The van der Waals surface area contributed by atoms with Crippen LogP contribution >= 0.6 is 0 Å². The summed E-state index contributed by atoms with van der Waals surface area (Å²) in [5, 5.41) is 3.01. The number of benzene rings is 3. The molecular weight excluding hydrogens is 446 g/mol. The minimum atomic E-state index is -3.52. The normalized spacial score (nSPS) is 13.2. The van der Waals surface area contributed by atoms with Gasteiger partial charge in [0.05, 0.1) is 28.9 Å². The summed E-state index contributed by atoms with van der Waals surface area (Å²) in [6.07, 6.45) is 2.05. The molecule has 1 aliphatic rings. The van der Waals surface area contributed by atoms with E-state index < -0.39 is 10.0 Å². The lowest BCUT2D eigenvalue weighted by Crippen LogP contribution is -2.27. The van der Waals surface area contributed by atoms with Crippen LogP contribution in [0.5, 0.6) is 0 Å². The van der Waals surface area contributed by atoms with E-state index in [1.54, 1.807) is 6.07 Å². The minimum Gasteiger partial charge on any atom is -0.373 e. The molecule has 34 heavy (non-hydrogen) atoms. The predicted molar refractivity (Wildman–Crippen MR) is 141 cm³/mol. The van der Waals surface area contributed by atoms with E-state index in [1.165, 1.54) is 16.9 Å². The zero-order chi connectivity index (χ0) is 24.6. The molecule has 0 atom stereocenters. The summed E-state index contributed by atoms with van der Waals surface area (Å²) in [5.74, 6) is 0.119. The van der Waals surface area contributed by atoms with Gasteiger partial charge in [-0.2, -0.15) is 0 Å². The van der Waals surface area contributed by atoms with Crippen molar-refractivity contribution in [3.8, 4) is 11.1 Å². The van der Waals surface area contributed by atoms with Crippen LogP contribution in [0.25, 0.3) is 11.1 Å². The van der Waals surface area contributed by atoms with Crippen LogP contribution in [0.1, 0.15) is 41.3 Å². The van der Waals surface area contributed by atoms with Gasteiger partial charge in [0.25, 0.3) is 5.91 Å². The molecule has 6 nitrogen and oxygen atoms in total. The van der Waals surface area contributed by atoms with Crippen LogP contribution in [0, 0.1) is 0 Å². The van der Waals surface area contributed by atoms with E-state index in [0.29, 0.717) is 22.9 Å². The lowest BCUT2D eigenvalue weighted by atomic mass is 9.97. The van der Waals surface area contributed by atoms with E-state index in [4.69, 9.17) is 0 Å². The molecule has 1 aliphatic heterocycles. The number of fused-ring (bicyclic) bond motifs is 1. The van der Waals surface area contributed by atoms with Gasteiger partial charge < -0.3 is 10.2 Å². The number of rotatable bonds is 6. The second-order valence-corrected chi connectivity index (χ2v) is 11.2. The minimum absolute atomic E-state index is 0.262. The largest absolute Gasteiger partial charge is 0.373 e. The standard InChI is InChI=1S/C27H31N3O3S/c1-18(2)20-9-6-10-21(16-20)22-12-13-25(30(4)34(5,32)33)24(17-22)28-27(31)23-11-7-8-19-14-15-29(3)26(19)23/h6-13,16-18H,14-15H2,1-5H3,(H,28,31). The molecule has 4 rings (SSSR count). The van der Waals surface area contributed by atoms with E-state index in [1.807, 2.05) is 49.5 Å². The molecule has 3 aromatic carbocycles. The predicted octanol–water partition coefficient (Wildman–Crippen LogP) is 5.12. The summed E-state index contributed by atoms with van der Waals surface area (Å²) in [6, 6.07) is 19.5. The molecule has 0 saturated carbocycles. The zero-order valence-corrected chi connectivity index (χ0v) is 21.1. The highest BCUT2D eigenvalue weighted by Crippen LogP contribution is 2.35. The van der Waals surface area contributed by atoms with Gasteiger partial charge in [-0.05, 0) is 52.8 Å². The van der Waals surface area contributed by atoms with Gasteiger partial charge in [0, 0.05) is 20.6 Å². The maximum atomic E-state index is 13.4. The van der Waals surface area contributed by atoms with Crippen molar-refractivity contribution in [3.63, 3.8) is 0 Å². The van der Waals surface area contributed by atoms with E-state index >= 15 is 0 Å². The summed E-state index contributed by atoms with van der Waals surface area (Å²) in [6.45, 7) is 5.15. The molecule has 0 fully saturated rings. The highest BCUT2D eigenvalue weighted by atomic mass is 32.2. The number of carbonyl (C=O) groups is 1. The molecule has 0 unspecified atom stereocenters. The number of anilines is 3. The average Bonchev–Trinajstić information content (AvgIpc) is 3.19. The molecule has 0 bridgehead atoms. The molecule has 0 spiro atoms. The van der Waals surface area contributed by atoms with Crippen molar-refractivity contribution in [1.82, 2.24) is 0 Å². The lowest BCUT2D eigenvalue weighted by molar-refractivity contribution is 0.102. The number of para-hydroxylation sites is 1. The van der Waals surface area contributed by atoms with Crippen molar-refractivity contribution in [1.29, 1.82) is 0 Å². The molecule has 0 aliphatic carbocycles. The van der Waals surface area contributed by atoms with Crippen molar-refractivity contribution in [2.75, 3.05) is 41.4 Å². The zero-order valence-electron chi connectivity index (χ0n) is 20.3. The third kappa shape index (κ3) is 4.66. The first-order valence-electron chi connectivity index (χ1n) is 11.4. The number of carbonyl (C=O) groups excluding carboxylic acids is 1. The van der Waals surface area contributed by atoms with Gasteiger partial charge in [-0.25, -0.2) is 8.42 Å². The smallest absolute Gasteiger partial charge is 0.257 e. The average molecular weight is 478 g/mol. The summed E-state index contributed by atoms with van der Waals surface area (Å²) >= 11 is 0. The highest BCUT2D eigenvalue weighted by Gasteiger charge is 2.24. The molecule has 3 aromatic rings. The lowest BCUT2D eigenvalue weighted by Gasteiger charge is -2.22. The highest BCUT2D eigenvalue weighted by molar-refractivity contribution is 7.92. The summed E-state index contributed by atoms with van der Waals surface area (Å²) in [4.78, 5) is 15.5. The second-order valence-electron chi connectivity index (χ2n) is 9.18. The molecule has 0 saturated heterocycles. The fraction of sp³-hybridized carbons (Fsp3) is 0.296. The number of hydrogen-bond acceptors (Lipinski definition) is 4. The fourth-order valence-electron chi connectivity index (χ4n) is 4.36. The van der Waals surface area contributed by atoms with E-state index in [0.717, 1.165) is 41.6 Å². The second kappa shape index (κ2) is 9.14. The molecule has 0 radical (unpaired) electrons. The van der Waals surface area contributed by atoms with Crippen LogP contribution in [0.3, 0.4) is 0 Å². The third-order valence-electron chi connectivity index (χ3n) is 6.43. The van der Waals surface area contributed by atoms with Crippen molar-refractivity contribution in [2.45, 2.75) is 26.2 Å². The number of amides is 1. The SMILES string of the molecule is CC(C)c1cccc(-c2ccc(N(C)S(C)(=O)=O)c(NC(=O)c3cccc4c3N(C)CC4)c2)c1. The Labute approximate surface area is 202 Å². The van der Waals surface area contributed by atoms with Crippen LogP contribution in [0.4, 0.5) is 17.1 Å². The number of nitrogens with one attached hydrogen (secondary N) is 1. The number of likely N-dealkylation sites (N-methyl/N-ethyl adjacent to an activating group) is 1. The quantitative estimate of drug-likeness (QED) is 0.535. The van der Waals surface area contributed by atoms with Crippen molar-refractivity contribution in [2.24, 2.45) is 0 Å². The summed E-state index contributed by atoms with van der Waals surface area (Å²) in [5.41, 5.74) is 6.64. The molecule has 7 heteroatoms. The molecule has 1 heterocycles. The Hall–Kier alpha value is -3.32. The summed E-state index contributed by atoms with van der Waals surface area (Å²) < 4.78 is 25.8. The van der Waals surface area contributed by atoms with Crippen LogP contribution in [0.15, 0.2) is 60.7 Å². The van der Waals surface area contributed by atoms with Crippen LogP contribution in [0.2, 0.25) is 0 Å². The topological polar surface area (TPSA) is 69.7 Å². The molecule has 178 valence electrons. The Morgan fingerprint density at radius 2 is 1.74 bits per heavy atom. The Kier molecular flexibility index (Phi) is 6.41. The van der Waals surface area contributed by atoms with Crippen LogP contribution in [-0.2, 0) is 16.4 Å². The first-order chi connectivity index (χ1) is 16.1. The van der Waals surface area contributed by atoms with E-state index in [-0.39, 0.29) is 5.91 Å². The Balaban J connectivity index is 1.78. The van der Waals surface area contributed by atoms with Gasteiger partial charge in [0.1, 0.15) is 0 Å². The van der Waals surface area contributed by atoms with Crippen molar-refractivity contribution >= 4 is 33.0 Å². The van der Waals surface area contributed by atoms with Crippen molar-refractivity contribution < 1.29 is 13.2 Å². The molecule has 1 N–H and O–H groups in total. The van der Waals surface area contributed by atoms with Crippen LogP contribution < -0.4 is 14.5 Å². The van der Waals surface area contributed by atoms with Gasteiger partial charge in [-0.15, -0.1) is 0 Å². The van der Waals surface area contributed by atoms with Crippen molar-refractivity contribution in [3.05, 3.63) is 77.4 Å². The van der Waals surface area contributed by atoms with Gasteiger partial charge >= 0.3 is 0 Å². The van der Waals surface area contributed by atoms with Crippen LogP contribution in [-0.4, -0.2) is 41.2 Å². The Bertz CT molecular complexity index is 1350. The number of sulfonamides is 1. The fourth-order valence-corrected chi connectivity index (χ4v) is 4.88. The maximum Gasteiger partial charge on any atom is 0.257 e. The maximum absolute atomic E-state index is 13.4. The number of hydrogen-bond donors (Lipinski definition) is 1. The Morgan fingerprint density at radius 1 is 1.03 bits per heavy atom. The monoisotopic (exact) mass is 477 g/mol. The van der Waals surface area contributed by atoms with Gasteiger partial charge in [0.2, 0.25) is 10.0 Å². The molecule has 1 amide bonds. The first kappa shape index (κ1) is 23.8. The Morgan fingerprint density at radius 3 is 2.44 bits per heavy atom. The van der Waals surface area contributed by atoms with Gasteiger partial charge in [-0.3, -0.25) is 9.10 Å². The third-order valence-corrected chi connectivity index (χ3v) is 7.62.